The summed E-state index contributed by atoms with van der Waals surface area (Å²) >= 11 is 0. The Bertz CT molecular complexity index is 604. The van der Waals surface area contributed by atoms with E-state index in [1.54, 1.807) is 12.1 Å². The Morgan fingerprint density at radius 1 is 1.17 bits per heavy atom. The molecule has 3 fully saturated rings. The molecule has 3 aliphatic rings. The van der Waals surface area contributed by atoms with E-state index in [0.29, 0.717) is 17.7 Å². The maximum Gasteiger partial charge on any atom is 0.190 e. The van der Waals surface area contributed by atoms with E-state index >= 15 is 0 Å². The van der Waals surface area contributed by atoms with Gasteiger partial charge in [-0.3, -0.25) is 0 Å². The van der Waals surface area contributed by atoms with Crippen molar-refractivity contribution in [2.24, 2.45) is 0 Å². The van der Waals surface area contributed by atoms with E-state index in [1.165, 1.54) is 0 Å². The molecular weight excluding hydrogens is 316 g/mol. The van der Waals surface area contributed by atoms with Crippen LogP contribution in [-0.2, 0) is 23.7 Å². The number of aliphatic hydroxyl groups excluding tert-OH is 2. The number of fused-ring (bicyclic) bond motifs is 3. The van der Waals surface area contributed by atoms with Crippen molar-refractivity contribution in [3.63, 3.8) is 0 Å². The molecule has 6 atom stereocenters. The second-order valence-corrected chi connectivity index (χ2v) is 6.74. The van der Waals surface area contributed by atoms with Crippen LogP contribution < -0.4 is 0 Å². The molecule has 132 valence electrons. The van der Waals surface area contributed by atoms with Crippen LogP contribution in [0.2, 0.25) is 0 Å². The van der Waals surface area contributed by atoms with Crippen LogP contribution in [0.3, 0.4) is 0 Å². The highest BCUT2D eigenvalue weighted by molar-refractivity contribution is 5.30. The SMILES string of the molecule is CC1(C)O[C@H]2O[C@@H]3CO[C@H](c4ccccc4[C@H](O)CO)O[C@@H]3[C@H]2O1. The summed E-state index contributed by atoms with van der Waals surface area (Å²) in [5.74, 6) is -0.706. The number of benzene rings is 1. The van der Waals surface area contributed by atoms with Gasteiger partial charge in [0.1, 0.15) is 24.4 Å². The van der Waals surface area contributed by atoms with Crippen LogP contribution in [0.25, 0.3) is 0 Å². The first kappa shape index (κ1) is 16.4. The Kier molecular flexibility index (Phi) is 4.12. The minimum Gasteiger partial charge on any atom is -0.393 e. The Labute approximate surface area is 140 Å². The van der Waals surface area contributed by atoms with Gasteiger partial charge in [0.2, 0.25) is 0 Å². The molecule has 0 bridgehead atoms. The van der Waals surface area contributed by atoms with Gasteiger partial charge in [-0.05, 0) is 19.4 Å². The fourth-order valence-corrected chi connectivity index (χ4v) is 3.50. The van der Waals surface area contributed by atoms with E-state index < -0.39 is 24.5 Å². The van der Waals surface area contributed by atoms with Gasteiger partial charge in [-0.15, -0.1) is 0 Å². The monoisotopic (exact) mass is 338 g/mol. The third kappa shape index (κ3) is 2.76. The Balaban J connectivity index is 1.56. The van der Waals surface area contributed by atoms with Crippen molar-refractivity contribution in [2.45, 2.75) is 56.6 Å². The van der Waals surface area contributed by atoms with Crippen LogP contribution >= 0.6 is 0 Å². The van der Waals surface area contributed by atoms with Gasteiger partial charge in [-0.1, -0.05) is 24.3 Å². The van der Waals surface area contributed by atoms with Crippen molar-refractivity contribution < 1.29 is 33.9 Å². The Morgan fingerprint density at radius 3 is 2.75 bits per heavy atom. The lowest BCUT2D eigenvalue weighted by Gasteiger charge is -2.35. The van der Waals surface area contributed by atoms with Crippen LogP contribution in [0.1, 0.15) is 37.4 Å². The molecule has 7 heteroatoms. The Morgan fingerprint density at radius 2 is 1.96 bits per heavy atom. The summed E-state index contributed by atoms with van der Waals surface area (Å²) in [5, 5.41) is 19.3. The van der Waals surface area contributed by atoms with Crippen molar-refractivity contribution in [1.29, 1.82) is 0 Å². The molecule has 3 aliphatic heterocycles. The maximum atomic E-state index is 10.0. The summed E-state index contributed by atoms with van der Waals surface area (Å²) < 4.78 is 29.3. The molecule has 7 nitrogen and oxygen atoms in total. The van der Waals surface area contributed by atoms with E-state index in [-0.39, 0.29) is 24.9 Å². The molecule has 0 amide bonds. The Hall–Kier alpha value is -1.06. The molecule has 0 saturated carbocycles. The van der Waals surface area contributed by atoms with Gasteiger partial charge >= 0.3 is 0 Å². The number of rotatable bonds is 3. The highest BCUT2D eigenvalue weighted by Crippen LogP contribution is 2.43. The van der Waals surface area contributed by atoms with Crippen molar-refractivity contribution in [2.75, 3.05) is 13.2 Å². The minimum atomic E-state index is -0.983. The third-order valence-electron chi connectivity index (χ3n) is 4.56. The quantitative estimate of drug-likeness (QED) is 0.850. The second kappa shape index (κ2) is 6.03. The molecule has 0 spiro atoms. The summed E-state index contributed by atoms with van der Waals surface area (Å²) in [6.07, 6.45) is -2.97. The summed E-state index contributed by atoms with van der Waals surface area (Å²) in [7, 11) is 0. The standard InChI is InChI=1S/C17H22O7/c1-17(2)23-14-13-12(21-16(14)24-17)8-20-15(22-13)10-6-4-3-5-9(10)11(19)7-18/h3-6,11-16,18-19H,7-8H2,1-2H3/t11-,12-,13+,14-,15+,16-/m1/s1. The van der Waals surface area contributed by atoms with Gasteiger partial charge in [-0.25, -0.2) is 0 Å². The van der Waals surface area contributed by atoms with E-state index in [9.17, 15) is 10.2 Å². The lowest BCUT2D eigenvalue weighted by atomic mass is 10.0. The first-order valence-corrected chi connectivity index (χ1v) is 8.14. The van der Waals surface area contributed by atoms with Crippen LogP contribution in [-0.4, -0.2) is 53.8 Å². The fourth-order valence-electron chi connectivity index (χ4n) is 3.50. The van der Waals surface area contributed by atoms with E-state index in [4.69, 9.17) is 23.7 Å². The van der Waals surface area contributed by atoms with Gasteiger partial charge in [0.15, 0.2) is 18.4 Å². The lowest BCUT2D eigenvalue weighted by Crippen LogP contribution is -2.44. The number of aliphatic hydroxyl groups is 2. The predicted molar refractivity (Wildman–Crippen MR) is 80.8 cm³/mol. The molecule has 2 N–H and O–H groups in total. The second-order valence-electron chi connectivity index (χ2n) is 6.74. The molecule has 3 heterocycles. The van der Waals surface area contributed by atoms with Crippen molar-refractivity contribution in [3.05, 3.63) is 35.4 Å². The fraction of sp³-hybridized carbons (Fsp3) is 0.647. The molecule has 4 rings (SSSR count). The molecule has 24 heavy (non-hydrogen) atoms. The first-order chi connectivity index (χ1) is 11.5. The summed E-state index contributed by atoms with van der Waals surface area (Å²) in [6, 6.07) is 7.21. The van der Waals surface area contributed by atoms with Crippen LogP contribution in [0.4, 0.5) is 0 Å². The van der Waals surface area contributed by atoms with Gasteiger partial charge in [0.25, 0.3) is 0 Å². The van der Waals surface area contributed by atoms with Crippen LogP contribution in [0.15, 0.2) is 24.3 Å². The largest absolute Gasteiger partial charge is 0.393 e. The van der Waals surface area contributed by atoms with Gasteiger partial charge in [-0.2, -0.15) is 0 Å². The normalized spacial score (nSPS) is 38.6. The molecule has 0 unspecified atom stereocenters. The molecule has 1 aromatic carbocycles. The zero-order chi connectivity index (χ0) is 16.9. The number of ether oxygens (including phenoxy) is 5. The highest BCUT2D eigenvalue weighted by atomic mass is 16.9. The number of hydrogen-bond acceptors (Lipinski definition) is 7. The smallest absolute Gasteiger partial charge is 0.190 e. The van der Waals surface area contributed by atoms with Crippen molar-refractivity contribution in [1.82, 2.24) is 0 Å². The zero-order valence-electron chi connectivity index (χ0n) is 13.6. The third-order valence-corrected chi connectivity index (χ3v) is 4.56. The molecule has 0 aromatic heterocycles. The van der Waals surface area contributed by atoms with E-state index in [2.05, 4.69) is 0 Å². The molecular formula is C17H22O7. The number of hydrogen-bond donors (Lipinski definition) is 2. The van der Waals surface area contributed by atoms with E-state index in [0.717, 1.165) is 0 Å². The van der Waals surface area contributed by atoms with E-state index in [1.807, 2.05) is 26.0 Å². The molecule has 0 radical (unpaired) electrons. The molecule has 3 saturated heterocycles. The summed E-state index contributed by atoms with van der Waals surface area (Å²) in [6.45, 7) is 3.66. The van der Waals surface area contributed by atoms with Gasteiger partial charge in [0, 0.05) is 5.56 Å². The van der Waals surface area contributed by atoms with Gasteiger partial charge in [0.05, 0.1) is 13.2 Å². The first-order valence-electron chi connectivity index (χ1n) is 8.14. The van der Waals surface area contributed by atoms with Crippen molar-refractivity contribution >= 4 is 0 Å². The minimum absolute atomic E-state index is 0.248. The van der Waals surface area contributed by atoms with Crippen LogP contribution in [0.5, 0.6) is 0 Å². The average molecular weight is 338 g/mol. The highest BCUT2D eigenvalue weighted by Gasteiger charge is 2.57. The summed E-state index contributed by atoms with van der Waals surface area (Å²) in [5.41, 5.74) is 1.28. The zero-order valence-corrected chi connectivity index (χ0v) is 13.6. The summed E-state index contributed by atoms with van der Waals surface area (Å²) in [4.78, 5) is 0. The topological polar surface area (TPSA) is 86.6 Å². The molecule has 1 aromatic rings. The molecule has 0 aliphatic carbocycles. The van der Waals surface area contributed by atoms with Gasteiger partial charge < -0.3 is 33.9 Å². The lowest BCUT2D eigenvalue weighted by molar-refractivity contribution is -0.285. The maximum absolute atomic E-state index is 10.0. The average Bonchev–Trinajstić information content (AvgIpc) is 3.05. The van der Waals surface area contributed by atoms with Crippen LogP contribution in [0, 0.1) is 0 Å². The predicted octanol–water partition coefficient (Wildman–Crippen LogP) is 1.00. The van der Waals surface area contributed by atoms with Crippen molar-refractivity contribution in [3.8, 4) is 0 Å².